The maximum absolute atomic E-state index is 13.6. The lowest BCUT2D eigenvalue weighted by atomic mass is 10.2. The van der Waals surface area contributed by atoms with E-state index in [-0.39, 0.29) is 5.56 Å². The minimum atomic E-state index is -0.628. The molecule has 4 nitrogen and oxygen atoms in total. The molecule has 2 aromatic carbocycles. The number of aromatic nitrogens is 2. The van der Waals surface area contributed by atoms with E-state index in [0.29, 0.717) is 5.02 Å². The van der Waals surface area contributed by atoms with E-state index < -0.39 is 11.7 Å². The fourth-order valence-electron chi connectivity index (χ4n) is 1.89. The Morgan fingerprint density at radius 3 is 2.90 bits per heavy atom. The van der Waals surface area contributed by atoms with Crippen LogP contribution >= 0.6 is 11.6 Å². The second-order valence-corrected chi connectivity index (χ2v) is 4.60. The van der Waals surface area contributed by atoms with Gasteiger partial charge in [0, 0.05) is 5.02 Å². The molecule has 0 saturated carbocycles. The van der Waals surface area contributed by atoms with Crippen LogP contribution in [0.1, 0.15) is 10.4 Å². The summed E-state index contributed by atoms with van der Waals surface area (Å²) in [6.07, 6.45) is 1.46. The number of hydrogen-bond donors (Lipinski definition) is 1. The lowest BCUT2D eigenvalue weighted by molar-refractivity contribution is 0.100. The number of nitrogens with zero attached hydrogens (tertiary/aromatic N) is 2. The van der Waals surface area contributed by atoms with Crippen molar-refractivity contribution < 1.29 is 9.18 Å². The molecule has 1 heterocycles. The molecule has 1 amide bonds. The third kappa shape index (κ3) is 2.23. The molecule has 0 bridgehead atoms. The van der Waals surface area contributed by atoms with Crippen LogP contribution in [0.5, 0.6) is 0 Å². The third-order valence-corrected chi connectivity index (χ3v) is 3.08. The molecule has 0 aliphatic carbocycles. The Kier molecular flexibility index (Phi) is 3.12. The van der Waals surface area contributed by atoms with Gasteiger partial charge in [-0.2, -0.15) is 0 Å². The van der Waals surface area contributed by atoms with Crippen molar-refractivity contribution in [3.8, 4) is 0 Å². The molecule has 1 N–H and O–H groups in total. The number of carbonyl (C=O) groups is 1. The average molecular weight is 290 g/mol. The second kappa shape index (κ2) is 4.94. The SMILES string of the molecule is O=C(Nn1cnc2ccccc21)c1cc(Cl)ccc1F. The maximum atomic E-state index is 13.6. The number of hydrogen-bond acceptors (Lipinski definition) is 2. The first-order valence-electron chi connectivity index (χ1n) is 5.83. The molecule has 100 valence electrons. The van der Waals surface area contributed by atoms with Crippen LogP contribution in [0.3, 0.4) is 0 Å². The topological polar surface area (TPSA) is 46.9 Å². The molecule has 0 aliphatic heterocycles. The van der Waals surface area contributed by atoms with Crippen LogP contribution in [0.2, 0.25) is 5.02 Å². The van der Waals surface area contributed by atoms with Crippen molar-refractivity contribution in [2.45, 2.75) is 0 Å². The molecule has 0 saturated heterocycles. The Bertz CT molecular complexity index is 800. The number of benzene rings is 2. The Morgan fingerprint density at radius 2 is 2.05 bits per heavy atom. The number of rotatable bonds is 2. The first kappa shape index (κ1) is 12.6. The van der Waals surface area contributed by atoms with Gasteiger partial charge in [0.1, 0.15) is 12.1 Å². The summed E-state index contributed by atoms with van der Waals surface area (Å²) in [5, 5.41) is 0.298. The number of imidazole rings is 1. The highest BCUT2D eigenvalue weighted by Crippen LogP contribution is 2.16. The summed E-state index contributed by atoms with van der Waals surface area (Å²) in [5.41, 5.74) is 3.91. The van der Waals surface area contributed by atoms with E-state index in [1.54, 1.807) is 6.07 Å². The van der Waals surface area contributed by atoms with E-state index in [1.807, 2.05) is 18.2 Å². The van der Waals surface area contributed by atoms with Crippen LogP contribution in [-0.4, -0.2) is 15.6 Å². The van der Waals surface area contributed by atoms with Crippen molar-refractivity contribution in [1.82, 2.24) is 9.66 Å². The van der Waals surface area contributed by atoms with E-state index in [4.69, 9.17) is 11.6 Å². The lowest BCUT2D eigenvalue weighted by Crippen LogP contribution is -2.23. The fourth-order valence-corrected chi connectivity index (χ4v) is 2.06. The highest BCUT2D eigenvalue weighted by molar-refractivity contribution is 6.31. The van der Waals surface area contributed by atoms with Gasteiger partial charge in [-0.3, -0.25) is 10.2 Å². The van der Waals surface area contributed by atoms with Gasteiger partial charge in [0.05, 0.1) is 16.6 Å². The summed E-state index contributed by atoms with van der Waals surface area (Å²) in [4.78, 5) is 16.2. The van der Waals surface area contributed by atoms with Crippen LogP contribution < -0.4 is 5.43 Å². The molecule has 20 heavy (non-hydrogen) atoms. The molecule has 3 aromatic rings. The Labute approximate surface area is 118 Å². The van der Waals surface area contributed by atoms with Gasteiger partial charge in [0.25, 0.3) is 5.91 Å². The van der Waals surface area contributed by atoms with Gasteiger partial charge in [0.2, 0.25) is 0 Å². The minimum absolute atomic E-state index is 0.115. The van der Waals surface area contributed by atoms with E-state index in [1.165, 1.54) is 23.1 Å². The van der Waals surface area contributed by atoms with Crippen LogP contribution in [0.15, 0.2) is 48.8 Å². The molecular formula is C14H9ClFN3O. The lowest BCUT2D eigenvalue weighted by Gasteiger charge is -2.08. The Hall–Kier alpha value is -2.40. The largest absolute Gasteiger partial charge is 0.273 e. The molecule has 0 aliphatic rings. The van der Waals surface area contributed by atoms with Gasteiger partial charge in [-0.25, -0.2) is 14.1 Å². The zero-order valence-corrected chi connectivity index (χ0v) is 10.9. The predicted molar refractivity (Wildman–Crippen MR) is 74.8 cm³/mol. The number of carbonyl (C=O) groups excluding carboxylic acids is 1. The van der Waals surface area contributed by atoms with Gasteiger partial charge in [0.15, 0.2) is 0 Å². The molecule has 0 unspecified atom stereocenters. The highest BCUT2D eigenvalue weighted by atomic mass is 35.5. The number of nitrogens with one attached hydrogen (secondary N) is 1. The fraction of sp³-hybridized carbons (Fsp3) is 0. The summed E-state index contributed by atoms with van der Waals surface area (Å²) < 4.78 is 15.1. The standard InChI is InChI=1S/C14H9ClFN3O/c15-9-5-6-11(16)10(7-9)14(20)18-19-8-17-12-3-1-2-4-13(12)19/h1-8H,(H,18,20). The van der Waals surface area contributed by atoms with Gasteiger partial charge >= 0.3 is 0 Å². The Balaban J connectivity index is 1.94. The number of halogens is 2. The van der Waals surface area contributed by atoms with Crippen LogP contribution in [0.25, 0.3) is 11.0 Å². The summed E-state index contributed by atoms with van der Waals surface area (Å²) in [7, 11) is 0. The second-order valence-electron chi connectivity index (χ2n) is 4.17. The Morgan fingerprint density at radius 1 is 1.25 bits per heavy atom. The number of amides is 1. The predicted octanol–water partition coefficient (Wildman–Crippen LogP) is 3.21. The quantitative estimate of drug-likeness (QED) is 0.787. The molecule has 0 spiro atoms. The summed E-state index contributed by atoms with van der Waals surface area (Å²) in [6.45, 7) is 0. The summed E-state index contributed by atoms with van der Waals surface area (Å²) in [6, 6.07) is 11.1. The van der Waals surface area contributed by atoms with Crippen LogP contribution in [0.4, 0.5) is 4.39 Å². The van der Waals surface area contributed by atoms with Gasteiger partial charge in [-0.15, -0.1) is 0 Å². The van der Waals surface area contributed by atoms with Crippen LogP contribution in [-0.2, 0) is 0 Å². The van der Waals surface area contributed by atoms with Gasteiger partial charge in [-0.1, -0.05) is 23.7 Å². The summed E-state index contributed by atoms with van der Waals surface area (Å²) >= 11 is 5.77. The first-order chi connectivity index (χ1) is 9.65. The average Bonchev–Trinajstić information content (AvgIpc) is 2.85. The molecule has 0 radical (unpaired) electrons. The van der Waals surface area contributed by atoms with Gasteiger partial charge in [-0.05, 0) is 30.3 Å². The van der Waals surface area contributed by atoms with E-state index in [9.17, 15) is 9.18 Å². The van der Waals surface area contributed by atoms with Crippen molar-refractivity contribution in [2.75, 3.05) is 5.43 Å². The van der Waals surface area contributed by atoms with Crippen molar-refractivity contribution in [3.05, 3.63) is 65.2 Å². The molecule has 3 rings (SSSR count). The zero-order chi connectivity index (χ0) is 14.1. The third-order valence-electron chi connectivity index (χ3n) is 2.85. The van der Waals surface area contributed by atoms with E-state index in [2.05, 4.69) is 10.4 Å². The normalized spacial score (nSPS) is 10.7. The van der Waals surface area contributed by atoms with Crippen molar-refractivity contribution in [3.63, 3.8) is 0 Å². The molecule has 6 heteroatoms. The van der Waals surface area contributed by atoms with Crippen molar-refractivity contribution in [1.29, 1.82) is 0 Å². The molecule has 1 aromatic heterocycles. The van der Waals surface area contributed by atoms with Crippen molar-refractivity contribution in [2.24, 2.45) is 0 Å². The van der Waals surface area contributed by atoms with Gasteiger partial charge < -0.3 is 0 Å². The molecule has 0 atom stereocenters. The smallest absolute Gasteiger partial charge is 0.267 e. The molecule has 0 fully saturated rings. The van der Waals surface area contributed by atoms with Crippen LogP contribution in [0, 0.1) is 5.82 Å². The highest BCUT2D eigenvalue weighted by Gasteiger charge is 2.13. The number of para-hydroxylation sites is 2. The van der Waals surface area contributed by atoms with E-state index in [0.717, 1.165) is 17.1 Å². The monoisotopic (exact) mass is 289 g/mol. The zero-order valence-electron chi connectivity index (χ0n) is 10.2. The minimum Gasteiger partial charge on any atom is -0.267 e. The molecular weight excluding hydrogens is 281 g/mol. The summed E-state index contributed by atoms with van der Waals surface area (Å²) in [5.74, 6) is -1.22. The number of fused-ring (bicyclic) bond motifs is 1. The van der Waals surface area contributed by atoms with E-state index >= 15 is 0 Å². The van der Waals surface area contributed by atoms with Crippen molar-refractivity contribution >= 4 is 28.5 Å². The first-order valence-corrected chi connectivity index (χ1v) is 6.21. The maximum Gasteiger partial charge on any atom is 0.273 e.